The Morgan fingerprint density at radius 1 is 1.29 bits per heavy atom. The van der Waals surface area contributed by atoms with Gasteiger partial charge in [0.1, 0.15) is 5.60 Å². The van der Waals surface area contributed by atoms with Crippen LogP contribution in [-0.2, 0) is 19.4 Å². The highest BCUT2D eigenvalue weighted by Crippen LogP contribution is 2.27. The van der Waals surface area contributed by atoms with Crippen LogP contribution in [0, 0.1) is 11.8 Å². The molecule has 0 spiro atoms. The number of ether oxygens (including phenoxy) is 1. The Hall–Kier alpha value is -1.31. The zero-order valence-corrected chi connectivity index (χ0v) is 13.4. The Balaban J connectivity index is 2.59. The van der Waals surface area contributed by atoms with Crippen molar-refractivity contribution in [3.05, 3.63) is 0 Å². The molecular weight excluding hydrogens is 298 g/mol. The highest BCUT2D eigenvalue weighted by Gasteiger charge is 2.34. The number of rotatable bonds is 4. The molecule has 1 saturated heterocycles. The Labute approximate surface area is 125 Å². The number of hydrogen-bond acceptors (Lipinski definition) is 5. The summed E-state index contributed by atoms with van der Waals surface area (Å²) in [6.45, 7) is 5.45. The number of hydrogen-bond donors (Lipinski definition) is 2. The molecule has 0 bridgehead atoms. The zero-order valence-electron chi connectivity index (χ0n) is 12.6. The standard InChI is InChI=1S/C13H23NO6S/c1-13(2,3)20-12(17)14-7-9-4-5-21(18,19)8-10(9)6-11(15)16/h9-10H,4-8H2,1-3H3,(H,14,17)(H,15,16). The van der Waals surface area contributed by atoms with Crippen LogP contribution in [0.1, 0.15) is 33.6 Å². The van der Waals surface area contributed by atoms with Crippen molar-refractivity contribution in [3.63, 3.8) is 0 Å². The van der Waals surface area contributed by atoms with Gasteiger partial charge in [-0.25, -0.2) is 13.2 Å². The molecule has 2 unspecified atom stereocenters. The Bertz CT molecular complexity index is 493. The molecule has 1 aliphatic heterocycles. The van der Waals surface area contributed by atoms with Gasteiger partial charge in [-0.15, -0.1) is 0 Å². The molecule has 1 fully saturated rings. The van der Waals surface area contributed by atoms with Crippen molar-refractivity contribution in [3.8, 4) is 0 Å². The van der Waals surface area contributed by atoms with Gasteiger partial charge in [-0.2, -0.15) is 0 Å². The van der Waals surface area contributed by atoms with Crippen LogP contribution in [0.3, 0.4) is 0 Å². The third-order valence-corrected chi connectivity index (χ3v) is 5.07. The van der Waals surface area contributed by atoms with Gasteiger partial charge in [-0.1, -0.05) is 0 Å². The van der Waals surface area contributed by atoms with Crippen LogP contribution in [-0.4, -0.2) is 49.2 Å². The van der Waals surface area contributed by atoms with Crippen molar-refractivity contribution in [2.24, 2.45) is 11.8 Å². The van der Waals surface area contributed by atoms with Crippen LogP contribution in [0.5, 0.6) is 0 Å². The summed E-state index contributed by atoms with van der Waals surface area (Å²) in [5.41, 5.74) is -0.611. The molecule has 7 nitrogen and oxygen atoms in total. The lowest BCUT2D eigenvalue weighted by Gasteiger charge is -2.30. The predicted molar refractivity (Wildman–Crippen MR) is 76.7 cm³/mol. The second-order valence-electron chi connectivity index (χ2n) is 6.40. The lowest BCUT2D eigenvalue weighted by molar-refractivity contribution is -0.138. The first-order valence-electron chi connectivity index (χ1n) is 6.87. The molecule has 2 N–H and O–H groups in total. The molecule has 2 atom stereocenters. The highest BCUT2D eigenvalue weighted by atomic mass is 32.2. The van der Waals surface area contributed by atoms with Gasteiger partial charge in [-0.05, 0) is 39.0 Å². The van der Waals surface area contributed by atoms with Crippen LogP contribution in [0.15, 0.2) is 0 Å². The molecule has 8 heteroatoms. The minimum Gasteiger partial charge on any atom is -0.481 e. The normalized spacial score (nSPS) is 25.1. The largest absolute Gasteiger partial charge is 0.481 e. The van der Waals surface area contributed by atoms with Crippen molar-refractivity contribution in [1.82, 2.24) is 5.32 Å². The first kappa shape index (κ1) is 17.7. The Morgan fingerprint density at radius 3 is 2.43 bits per heavy atom. The average molecular weight is 321 g/mol. The van der Waals surface area contributed by atoms with E-state index in [1.807, 2.05) is 0 Å². The number of carboxylic acid groups (broad SMARTS) is 1. The lowest BCUT2D eigenvalue weighted by atomic mass is 9.88. The Morgan fingerprint density at radius 2 is 1.90 bits per heavy atom. The molecule has 0 radical (unpaired) electrons. The van der Waals surface area contributed by atoms with E-state index in [0.29, 0.717) is 6.42 Å². The number of aliphatic carboxylic acids is 1. The van der Waals surface area contributed by atoms with Crippen molar-refractivity contribution in [2.75, 3.05) is 18.1 Å². The maximum atomic E-state index is 11.6. The molecule has 0 saturated carbocycles. The molecule has 0 aromatic carbocycles. The van der Waals surface area contributed by atoms with Crippen molar-refractivity contribution in [2.45, 2.75) is 39.2 Å². The first-order chi connectivity index (χ1) is 9.48. The van der Waals surface area contributed by atoms with Crippen molar-refractivity contribution in [1.29, 1.82) is 0 Å². The molecule has 0 aromatic heterocycles. The van der Waals surface area contributed by atoms with Gasteiger partial charge in [0, 0.05) is 13.0 Å². The molecule has 122 valence electrons. The van der Waals surface area contributed by atoms with Gasteiger partial charge in [0.2, 0.25) is 0 Å². The van der Waals surface area contributed by atoms with Gasteiger partial charge in [0.05, 0.1) is 11.5 Å². The second-order valence-corrected chi connectivity index (χ2v) is 8.63. The summed E-state index contributed by atoms with van der Waals surface area (Å²) in [4.78, 5) is 22.4. The van der Waals surface area contributed by atoms with E-state index in [2.05, 4.69) is 5.32 Å². The molecule has 1 heterocycles. The van der Waals surface area contributed by atoms with E-state index in [9.17, 15) is 18.0 Å². The van der Waals surface area contributed by atoms with E-state index in [0.717, 1.165) is 0 Å². The summed E-state index contributed by atoms with van der Waals surface area (Å²) in [6, 6.07) is 0. The number of carboxylic acids is 1. The minimum absolute atomic E-state index is 0.0315. The number of carbonyl (C=O) groups is 2. The van der Waals surface area contributed by atoms with Gasteiger partial charge >= 0.3 is 12.1 Å². The summed E-state index contributed by atoms with van der Waals surface area (Å²) in [6.07, 6.45) is -0.430. The lowest BCUT2D eigenvalue weighted by Crippen LogP contribution is -2.42. The molecule has 1 amide bonds. The zero-order chi connectivity index (χ0) is 16.3. The smallest absolute Gasteiger partial charge is 0.407 e. The van der Waals surface area contributed by atoms with E-state index in [-0.39, 0.29) is 30.4 Å². The maximum Gasteiger partial charge on any atom is 0.407 e. The monoisotopic (exact) mass is 321 g/mol. The summed E-state index contributed by atoms with van der Waals surface area (Å²) in [5, 5.41) is 11.5. The van der Waals surface area contributed by atoms with Crippen LogP contribution >= 0.6 is 0 Å². The third kappa shape index (κ3) is 6.79. The molecule has 0 aliphatic carbocycles. The van der Waals surface area contributed by atoms with Gasteiger partial charge in [0.15, 0.2) is 9.84 Å². The van der Waals surface area contributed by atoms with E-state index < -0.39 is 33.4 Å². The average Bonchev–Trinajstić information content (AvgIpc) is 2.23. The van der Waals surface area contributed by atoms with Gasteiger partial charge in [0.25, 0.3) is 0 Å². The number of amides is 1. The highest BCUT2D eigenvalue weighted by molar-refractivity contribution is 7.91. The summed E-state index contributed by atoms with van der Waals surface area (Å²) in [7, 11) is -3.19. The molecule has 0 aromatic rings. The molecule has 1 rings (SSSR count). The SMILES string of the molecule is CC(C)(C)OC(=O)NCC1CCS(=O)(=O)CC1CC(=O)O. The number of nitrogens with one attached hydrogen (secondary N) is 1. The maximum absolute atomic E-state index is 11.6. The van der Waals surface area contributed by atoms with E-state index >= 15 is 0 Å². The minimum atomic E-state index is -3.19. The van der Waals surface area contributed by atoms with E-state index in [1.54, 1.807) is 20.8 Å². The van der Waals surface area contributed by atoms with Crippen LogP contribution in [0.4, 0.5) is 4.79 Å². The van der Waals surface area contributed by atoms with Gasteiger partial charge < -0.3 is 15.2 Å². The van der Waals surface area contributed by atoms with Crippen LogP contribution in [0.2, 0.25) is 0 Å². The fraction of sp³-hybridized carbons (Fsp3) is 0.846. The topological polar surface area (TPSA) is 110 Å². The quantitative estimate of drug-likeness (QED) is 0.800. The summed E-state index contributed by atoms with van der Waals surface area (Å²) < 4.78 is 28.3. The van der Waals surface area contributed by atoms with Gasteiger partial charge in [-0.3, -0.25) is 4.79 Å². The summed E-state index contributed by atoms with van der Waals surface area (Å²) >= 11 is 0. The van der Waals surface area contributed by atoms with E-state index in [4.69, 9.17) is 9.84 Å². The van der Waals surface area contributed by atoms with E-state index in [1.165, 1.54) is 0 Å². The first-order valence-corrected chi connectivity index (χ1v) is 8.70. The fourth-order valence-corrected chi connectivity index (χ4v) is 4.23. The molecular formula is C13H23NO6S. The molecule has 21 heavy (non-hydrogen) atoms. The fourth-order valence-electron chi connectivity index (χ4n) is 2.36. The summed E-state index contributed by atoms with van der Waals surface area (Å²) in [5.74, 6) is -1.78. The van der Waals surface area contributed by atoms with Crippen molar-refractivity contribution < 1.29 is 27.9 Å². The number of carbonyl (C=O) groups excluding carboxylic acids is 1. The second kappa shape index (κ2) is 6.64. The third-order valence-electron chi connectivity index (χ3n) is 3.28. The van der Waals surface area contributed by atoms with Crippen LogP contribution in [0.25, 0.3) is 0 Å². The van der Waals surface area contributed by atoms with Crippen molar-refractivity contribution >= 4 is 21.9 Å². The predicted octanol–water partition coefficient (Wildman–Crippen LogP) is 1.04. The number of alkyl carbamates (subject to hydrolysis) is 1. The van der Waals surface area contributed by atoms with Crippen LogP contribution < -0.4 is 5.32 Å². The molecule has 1 aliphatic rings. The number of sulfone groups is 1. The Kier molecular flexibility index (Phi) is 5.61.